The lowest BCUT2D eigenvalue weighted by Crippen LogP contribution is -2.66. The van der Waals surface area contributed by atoms with Gasteiger partial charge in [-0.25, -0.2) is 9.59 Å². The summed E-state index contributed by atoms with van der Waals surface area (Å²) in [5.74, 6) is -0.451. The Morgan fingerprint density at radius 2 is 1.84 bits per heavy atom. The van der Waals surface area contributed by atoms with Crippen LogP contribution in [0, 0.1) is 26.1 Å². The molecular weight excluding hydrogens is 652 g/mol. The standard InChI is InChI=1S/C27H31BrN4O10S/c1-2-5-22(41-42-23(33)14-18-6-3-4-7-21(18)32(38)39)24-25(30-26(24)34)20(28)16-43-13-12-29-27(35)40-15-17-8-10-19(11-9-17)31(36)37/h3-4,6-11,20,22,24-25H,2,5,12-16H2,1H3,(H,29,35)(H,30,34)/t20?,22-,24-,25-/m1/s1. The highest BCUT2D eigenvalue weighted by molar-refractivity contribution is 9.09. The number of non-ortho nitro benzene ring substituents is 1. The van der Waals surface area contributed by atoms with Crippen LogP contribution >= 0.6 is 27.7 Å². The van der Waals surface area contributed by atoms with Gasteiger partial charge in [0.2, 0.25) is 5.91 Å². The number of thioether (sulfide) groups is 1. The Morgan fingerprint density at radius 3 is 2.49 bits per heavy atom. The van der Waals surface area contributed by atoms with Crippen LogP contribution < -0.4 is 10.6 Å². The van der Waals surface area contributed by atoms with Crippen molar-refractivity contribution in [3.05, 3.63) is 79.9 Å². The molecular formula is C27H31BrN4O10S. The summed E-state index contributed by atoms with van der Waals surface area (Å²) in [6, 6.07) is 11.3. The number of ether oxygens (including phenoxy) is 1. The summed E-state index contributed by atoms with van der Waals surface area (Å²) in [6.45, 7) is 2.22. The number of benzene rings is 2. The second-order valence-corrected chi connectivity index (χ2v) is 11.8. The first kappa shape index (κ1) is 33.7. The molecule has 2 N–H and O–H groups in total. The fourth-order valence-electron chi connectivity index (χ4n) is 4.28. The second-order valence-electron chi connectivity index (χ2n) is 9.52. The molecule has 0 aromatic heterocycles. The molecule has 0 aliphatic carbocycles. The third-order valence-corrected chi connectivity index (χ3v) is 8.87. The molecule has 0 saturated carbocycles. The summed E-state index contributed by atoms with van der Waals surface area (Å²) in [4.78, 5) is 67.9. The molecule has 1 aliphatic heterocycles. The molecule has 0 spiro atoms. The Hall–Kier alpha value is -3.76. The number of amides is 2. The van der Waals surface area contributed by atoms with Crippen molar-refractivity contribution in [2.45, 2.75) is 49.8 Å². The summed E-state index contributed by atoms with van der Waals surface area (Å²) in [7, 11) is 0. The summed E-state index contributed by atoms with van der Waals surface area (Å²) in [5, 5.41) is 27.4. The largest absolute Gasteiger partial charge is 0.445 e. The van der Waals surface area contributed by atoms with Crippen molar-refractivity contribution < 1.29 is 38.7 Å². The highest BCUT2D eigenvalue weighted by atomic mass is 79.9. The Kier molecular flexibility index (Phi) is 13.2. The van der Waals surface area contributed by atoms with Gasteiger partial charge >= 0.3 is 12.1 Å². The maximum absolute atomic E-state index is 12.5. The lowest BCUT2D eigenvalue weighted by Gasteiger charge is -2.42. The highest BCUT2D eigenvalue weighted by Gasteiger charge is 2.48. The van der Waals surface area contributed by atoms with E-state index < -0.39 is 33.9 Å². The van der Waals surface area contributed by atoms with Crippen LogP contribution in [0.1, 0.15) is 30.9 Å². The zero-order valence-corrected chi connectivity index (χ0v) is 25.5. The number of nitro benzene ring substituents is 2. The Morgan fingerprint density at radius 1 is 1.12 bits per heavy atom. The van der Waals surface area contributed by atoms with E-state index in [0.29, 0.717) is 36.5 Å². The third-order valence-electron chi connectivity index (χ3n) is 6.46. The number of para-hydroxylation sites is 1. The van der Waals surface area contributed by atoms with Crippen molar-refractivity contribution >= 4 is 57.0 Å². The van der Waals surface area contributed by atoms with Gasteiger partial charge in [-0.15, -0.1) is 0 Å². The van der Waals surface area contributed by atoms with Crippen LogP contribution in [-0.2, 0) is 37.1 Å². The molecule has 0 radical (unpaired) electrons. The lowest BCUT2D eigenvalue weighted by atomic mass is 9.82. The molecule has 2 amide bonds. The van der Waals surface area contributed by atoms with Crippen LogP contribution in [0.3, 0.4) is 0 Å². The van der Waals surface area contributed by atoms with Crippen molar-refractivity contribution in [1.82, 2.24) is 10.6 Å². The first-order valence-corrected chi connectivity index (χ1v) is 15.4. The van der Waals surface area contributed by atoms with Gasteiger partial charge in [-0.05, 0) is 24.1 Å². The van der Waals surface area contributed by atoms with Crippen LogP contribution in [0.5, 0.6) is 0 Å². The maximum atomic E-state index is 12.5. The van der Waals surface area contributed by atoms with Crippen molar-refractivity contribution in [3.8, 4) is 0 Å². The number of nitro groups is 2. The molecule has 14 nitrogen and oxygen atoms in total. The van der Waals surface area contributed by atoms with Gasteiger partial charge in [0, 0.05) is 46.6 Å². The molecule has 232 valence electrons. The van der Waals surface area contributed by atoms with Gasteiger partial charge in [0.15, 0.2) is 0 Å². The number of carbonyl (C=O) groups excluding carboxylic acids is 3. The fraction of sp³-hybridized carbons (Fsp3) is 0.444. The van der Waals surface area contributed by atoms with Crippen LogP contribution in [0.4, 0.5) is 16.2 Å². The smallest absolute Gasteiger partial charge is 0.407 e. The van der Waals surface area contributed by atoms with Crippen molar-refractivity contribution in [3.63, 3.8) is 0 Å². The molecule has 4 atom stereocenters. The predicted molar refractivity (Wildman–Crippen MR) is 159 cm³/mol. The van der Waals surface area contributed by atoms with E-state index in [0.717, 1.165) is 0 Å². The molecule has 1 aliphatic rings. The Labute approximate surface area is 259 Å². The van der Waals surface area contributed by atoms with Crippen LogP contribution in [0.15, 0.2) is 48.5 Å². The number of nitrogens with zero attached hydrogens (tertiary/aromatic N) is 2. The van der Waals surface area contributed by atoms with Crippen molar-refractivity contribution in [1.29, 1.82) is 0 Å². The van der Waals surface area contributed by atoms with E-state index in [4.69, 9.17) is 14.5 Å². The normalized spacial score (nSPS) is 17.1. The van der Waals surface area contributed by atoms with Gasteiger partial charge in [0.1, 0.15) is 12.7 Å². The van der Waals surface area contributed by atoms with Crippen molar-refractivity contribution in [2.24, 2.45) is 5.92 Å². The summed E-state index contributed by atoms with van der Waals surface area (Å²) in [5.41, 5.74) is 0.567. The topological polar surface area (TPSA) is 189 Å². The first-order valence-electron chi connectivity index (χ1n) is 13.3. The summed E-state index contributed by atoms with van der Waals surface area (Å²) >= 11 is 5.15. The minimum Gasteiger partial charge on any atom is -0.445 e. The fourth-order valence-corrected chi connectivity index (χ4v) is 6.15. The molecule has 1 saturated heterocycles. The molecule has 1 fully saturated rings. The molecule has 3 rings (SSSR count). The molecule has 16 heteroatoms. The average molecular weight is 684 g/mol. The van der Waals surface area contributed by atoms with E-state index in [1.54, 1.807) is 6.07 Å². The lowest BCUT2D eigenvalue weighted by molar-refractivity contribution is -0.385. The van der Waals surface area contributed by atoms with E-state index >= 15 is 0 Å². The second kappa shape index (κ2) is 16.8. The Bertz CT molecular complexity index is 1300. The zero-order chi connectivity index (χ0) is 31.4. The predicted octanol–water partition coefficient (Wildman–Crippen LogP) is 4.23. The SMILES string of the molecule is CCC[C@@H](OOC(=O)Cc1ccccc1[N+](=O)[O-])[C@H]1C(=O)N[C@@H]1C(Br)CSCCNC(=O)OCc1ccc([N+](=O)[O-])cc1. The number of alkyl carbamates (subject to hydrolysis) is 1. The summed E-state index contributed by atoms with van der Waals surface area (Å²) in [6.07, 6.45) is -0.553. The number of alkyl halides is 1. The molecule has 0 bridgehead atoms. The van der Waals surface area contributed by atoms with Crippen LogP contribution in [0.2, 0.25) is 0 Å². The van der Waals surface area contributed by atoms with E-state index in [-0.39, 0.29) is 46.7 Å². The maximum Gasteiger partial charge on any atom is 0.407 e. The number of nitrogens with one attached hydrogen (secondary N) is 2. The monoisotopic (exact) mass is 682 g/mol. The van der Waals surface area contributed by atoms with Crippen LogP contribution in [-0.4, -0.2) is 62.8 Å². The van der Waals surface area contributed by atoms with E-state index in [1.807, 2.05) is 6.92 Å². The number of hydrogen-bond donors (Lipinski definition) is 2. The van der Waals surface area contributed by atoms with Gasteiger partial charge < -0.3 is 15.4 Å². The first-order chi connectivity index (χ1) is 20.6. The van der Waals surface area contributed by atoms with Gasteiger partial charge in [-0.1, -0.05) is 47.5 Å². The van der Waals surface area contributed by atoms with Gasteiger partial charge in [-0.2, -0.15) is 16.6 Å². The van der Waals surface area contributed by atoms with E-state index in [1.165, 1.54) is 54.2 Å². The van der Waals surface area contributed by atoms with E-state index in [9.17, 15) is 34.6 Å². The number of rotatable bonds is 17. The number of halogens is 1. The minimum atomic E-state index is -0.809. The van der Waals surface area contributed by atoms with E-state index in [2.05, 4.69) is 26.6 Å². The minimum absolute atomic E-state index is 0.0221. The quantitative estimate of drug-likeness (QED) is 0.0606. The summed E-state index contributed by atoms with van der Waals surface area (Å²) < 4.78 is 5.12. The number of β-lactam (4-membered cyclic amide) rings is 1. The van der Waals surface area contributed by atoms with Gasteiger partial charge in [0.05, 0.1) is 28.2 Å². The van der Waals surface area contributed by atoms with Crippen LogP contribution in [0.25, 0.3) is 0 Å². The van der Waals surface area contributed by atoms with Gasteiger partial charge in [-0.3, -0.25) is 29.9 Å². The molecule has 1 heterocycles. The van der Waals surface area contributed by atoms with Gasteiger partial charge in [0.25, 0.3) is 11.4 Å². The number of hydrogen-bond acceptors (Lipinski definition) is 11. The number of carbonyl (C=O) groups is 3. The molecule has 1 unspecified atom stereocenters. The Balaban J connectivity index is 1.38. The zero-order valence-electron chi connectivity index (χ0n) is 23.1. The third kappa shape index (κ3) is 10.2. The molecule has 43 heavy (non-hydrogen) atoms. The highest BCUT2D eigenvalue weighted by Crippen LogP contribution is 2.31. The van der Waals surface area contributed by atoms with Crippen molar-refractivity contribution in [2.75, 3.05) is 18.1 Å². The average Bonchev–Trinajstić information content (AvgIpc) is 2.97. The molecule has 2 aromatic carbocycles. The molecule has 2 aromatic rings.